The van der Waals surface area contributed by atoms with E-state index in [1.807, 2.05) is 38.1 Å². The van der Waals surface area contributed by atoms with Gasteiger partial charge in [0.1, 0.15) is 0 Å². The Kier molecular flexibility index (Phi) is 8.24. The quantitative estimate of drug-likeness (QED) is 0.869. The predicted octanol–water partition coefficient (Wildman–Crippen LogP) is 2.86. The monoisotopic (exact) mass is 334 g/mol. The first-order valence-corrected chi connectivity index (χ1v) is 6.61. The Morgan fingerprint density at radius 1 is 1.50 bits per heavy atom. The topological polar surface area (TPSA) is 55.1 Å². The van der Waals surface area contributed by atoms with Gasteiger partial charge >= 0.3 is 0 Å². The Labute approximate surface area is 123 Å². The van der Waals surface area contributed by atoms with Crippen molar-refractivity contribution in [3.63, 3.8) is 0 Å². The van der Waals surface area contributed by atoms with E-state index in [0.29, 0.717) is 6.54 Å². The standard InChI is InChI=1S/C13H19BrN2O.ClH/c1-3-9(2)12(15)13(17)16-8-10-5-4-6-11(14)7-10;/h4-7,9,12H,3,8,15H2,1-2H3,(H,16,17);1H. The highest BCUT2D eigenvalue weighted by Crippen LogP contribution is 2.11. The molecule has 102 valence electrons. The Morgan fingerprint density at radius 3 is 2.72 bits per heavy atom. The van der Waals surface area contributed by atoms with Crippen LogP contribution in [0.25, 0.3) is 0 Å². The van der Waals surface area contributed by atoms with Crippen LogP contribution in [0, 0.1) is 5.92 Å². The van der Waals surface area contributed by atoms with Crippen LogP contribution in [0.1, 0.15) is 25.8 Å². The lowest BCUT2D eigenvalue weighted by molar-refractivity contribution is -0.123. The molecule has 1 rings (SSSR count). The number of benzene rings is 1. The molecule has 0 saturated carbocycles. The highest BCUT2D eigenvalue weighted by molar-refractivity contribution is 9.10. The fourth-order valence-corrected chi connectivity index (χ4v) is 1.91. The number of rotatable bonds is 5. The van der Waals surface area contributed by atoms with Crippen LogP contribution in [0.4, 0.5) is 0 Å². The fourth-order valence-electron chi connectivity index (χ4n) is 1.47. The smallest absolute Gasteiger partial charge is 0.237 e. The molecule has 5 heteroatoms. The molecule has 2 unspecified atom stereocenters. The highest BCUT2D eigenvalue weighted by atomic mass is 79.9. The Balaban J connectivity index is 0.00000289. The van der Waals surface area contributed by atoms with E-state index in [4.69, 9.17) is 5.73 Å². The third-order valence-electron chi connectivity index (χ3n) is 2.92. The zero-order chi connectivity index (χ0) is 12.8. The summed E-state index contributed by atoms with van der Waals surface area (Å²) >= 11 is 3.40. The lowest BCUT2D eigenvalue weighted by atomic mass is 9.99. The Hall–Kier alpha value is -0.580. The summed E-state index contributed by atoms with van der Waals surface area (Å²) < 4.78 is 1.01. The molecule has 18 heavy (non-hydrogen) atoms. The molecular formula is C13H20BrClN2O. The van der Waals surface area contributed by atoms with Gasteiger partial charge in [-0.05, 0) is 23.6 Å². The molecule has 0 aromatic heterocycles. The largest absolute Gasteiger partial charge is 0.351 e. The maximum atomic E-state index is 11.8. The van der Waals surface area contributed by atoms with Gasteiger partial charge in [0.05, 0.1) is 6.04 Å². The van der Waals surface area contributed by atoms with Crippen molar-refractivity contribution < 1.29 is 4.79 Å². The summed E-state index contributed by atoms with van der Waals surface area (Å²) in [6, 6.07) is 7.43. The molecule has 3 N–H and O–H groups in total. The van der Waals surface area contributed by atoms with Crippen molar-refractivity contribution >= 4 is 34.2 Å². The summed E-state index contributed by atoms with van der Waals surface area (Å²) in [6.07, 6.45) is 0.908. The molecule has 0 spiro atoms. The van der Waals surface area contributed by atoms with Crippen molar-refractivity contribution in [3.05, 3.63) is 34.3 Å². The van der Waals surface area contributed by atoms with Crippen molar-refractivity contribution in [2.45, 2.75) is 32.9 Å². The molecule has 0 aliphatic carbocycles. The van der Waals surface area contributed by atoms with Gasteiger partial charge in [-0.1, -0.05) is 48.3 Å². The average molecular weight is 336 g/mol. The molecule has 0 saturated heterocycles. The molecule has 0 bridgehead atoms. The number of nitrogens with one attached hydrogen (secondary N) is 1. The van der Waals surface area contributed by atoms with Crippen LogP contribution in [0.2, 0.25) is 0 Å². The number of halogens is 2. The van der Waals surface area contributed by atoms with E-state index >= 15 is 0 Å². The van der Waals surface area contributed by atoms with Crippen LogP contribution >= 0.6 is 28.3 Å². The molecule has 1 amide bonds. The number of carbonyl (C=O) groups is 1. The van der Waals surface area contributed by atoms with E-state index in [1.165, 1.54) is 0 Å². The lowest BCUT2D eigenvalue weighted by Crippen LogP contribution is -2.44. The summed E-state index contributed by atoms with van der Waals surface area (Å²) in [5.41, 5.74) is 6.90. The molecule has 0 radical (unpaired) electrons. The van der Waals surface area contributed by atoms with Crippen molar-refractivity contribution in [2.24, 2.45) is 11.7 Å². The first-order chi connectivity index (χ1) is 8.04. The molecule has 0 aliphatic heterocycles. The number of hydrogen-bond donors (Lipinski definition) is 2. The number of carbonyl (C=O) groups excluding carboxylic acids is 1. The van der Waals surface area contributed by atoms with E-state index in [9.17, 15) is 4.79 Å². The molecular weight excluding hydrogens is 316 g/mol. The third-order valence-corrected chi connectivity index (χ3v) is 3.41. The van der Waals surface area contributed by atoms with Gasteiger partial charge in [-0.3, -0.25) is 4.79 Å². The first-order valence-electron chi connectivity index (χ1n) is 5.82. The van der Waals surface area contributed by atoms with Crippen LogP contribution in [0.15, 0.2) is 28.7 Å². The molecule has 3 nitrogen and oxygen atoms in total. The third kappa shape index (κ3) is 5.38. The van der Waals surface area contributed by atoms with Crippen LogP contribution < -0.4 is 11.1 Å². The molecule has 0 fully saturated rings. The maximum absolute atomic E-state index is 11.8. The second-order valence-electron chi connectivity index (χ2n) is 4.26. The predicted molar refractivity (Wildman–Crippen MR) is 80.7 cm³/mol. The van der Waals surface area contributed by atoms with Crippen LogP contribution in [-0.4, -0.2) is 11.9 Å². The number of hydrogen-bond acceptors (Lipinski definition) is 2. The van der Waals surface area contributed by atoms with E-state index in [2.05, 4.69) is 21.2 Å². The van der Waals surface area contributed by atoms with Gasteiger partial charge in [0.15, 0.2) is 0 Å². The minimum atomic E-state index is -0.424. The van der Waals surface area contributed by atoms with E-state index < -0.39 is 6.04 Å². The van der Waals surface area contributed by atoms with Gasteiger partial charge in [-0.2, -0.15) is 0 Å². The van der Waals surface area contributed by atoms with Crippen molar-refractivity contribution in [2.75, 3.05) is 0 Å². The second-order valence-corrected chi connectivity index (χ2v) is 5.17. The van der Waals surface area contributed by atoms with E-state index in [1.54, 1.807) is 0 Å². The molecule has 2 atom stereocenters. The summed E-state index contributed by atoms with van der Waals surface area (Å²) in [6.45, 7) is 4.54. The molecule has 1 aromatic carbocycles. The van der Waals surface area contributed by atoms with E-state index in [0.717, 1.165) is 16.5 Å². The average Bonchev–Trinajstić information content (AvgIpc) is 2.34. The van der Waals surface area contributed by atoms with Gasteiger partial charge in [0.2, 0.25) is 5.91 Å². The maximum Gasteiger partial charge on any atom is 0.237 e. The lowest BCUT2D eigenvalue weighted by Gasteiger charge is -2.17. The van der Waals surface area contributed by atoms with Gasteiger partial charge < -0.3 is 11.1 Å². The first kappa shape index (κ1) is 17.4. The number of amides is 1. The SMILES string of the molecule is CCC(C)C(N)C(=O)NCc1cccc(Br)c1.Cl. The van der Waals surface area contributed by atoms with E-state index in [-0.39, 0.29) is 24.2 Å². The van der Waals surface area contributed by atoms with Crippen molar-refractivity contribution in [1.29, 1.82) is 0 Å². The van der Waals surface area contributed by atoms with Crippen molar-refractivity contribution in [3.8, 4) is 0 Å². The number of nitrogens with two attached hydrogens (primary N) is 1. The second kappa shape index (κ2) is 8.51. The normalized spacial score (nSPS) is 13.3. The molecule has 1 aromatic rings. The zero-order valence-electron chi connectivity index (χ0n) is 10.7. The Bertz CT molecular complexity index is 387. The summed E-state index contributed by atoms with van der Waals surface area (Å²) in [5.74, 6) is 0.122. The van der Waals surface area contributed by atoms with Crippen LogP contribution in [0.5, 0.6) is 0 Å². The van der Waals surface area contributed by atoms with Gasteiger partial charge in [-0.15, -0.1) is 12.4 Å². The van der Waals surface area contributed by atoms with Crippen molar-refractivity contribution in [1.82, 2.24) is 5.32 Å². The van der Waals surface area contributed by atoms with Gasteiger partial charge in [0, 0.05) is 11.0 Å². The van der Waals surface area contributed by atoms with Crippen LogP contribution in [0.3, 0.4) is 0 Å². The van der Waals surface area contributed by atoms with Gasteiger partial charge in [0.25, 0.3) is 0 Å². The highest BCUT2D eigenvalue weighted by Gasteiger charge is 2.18. The van der Waals surface area contributed by atoms with Crippen LogP contribution in [-0.2, 0) is 11.3 Å². The molecule has 0 heterocycles. The summed E-state index contributed by atoms with van der Waals surface area (Å²) in [5, 5.41) is 2.86. The minimum Gasteiger partial charge on any atom is -0.351 e. The summed E-state index contributed by atoms with van der Waals surface area (Å²) in [7, 11) is 0. The minimum absolute atomic E-state index is 0. The summed E-state index contributed by atoms with van der Waals surface area (Å²) in [4.78, 5) is 11.8. The Morgan fingerprint density at radius 2 is 2.17 bits per heavy atom. The zero-order valence-corrected chi connectivity index (χ0v) is 13.1. The molecule has 0 aliphatic rings. The fraction of sp³-hybridized carbons (Fsp3) is 0.462. The van der Waals surface area contributed by atoms with Gasteiger partial charge in [-0.25, -0.2) is 0 Å².